The first-order valence-electron chi connectivity index (χ1n) is 4.84. The molecule has 0 aliphatic carbocycles. The van der Waals surface area contributed by atoms with Crippen LogP contribution in [0.5, 0.6) is 0 Å². The van der Waals surface area contributed by atoms with Crippen LogP contribution in [-0.4, -0.2) is 29.6 Å². The van der Waals surface area contributed by atoms with Crippen LogP contribution in [0.4, 0.5) is 4.39 Å². The molecule has 1 aromatic carbocycles. The molecule has 1 N–H and O–H groups in total. The van der Waals surface area contributed by atoms with Crippen LogP contribution in [0.15, 0.2) is 29.3 Å². The normalized spacial score (nSPS) is 19.1. The molecule has 0 saturated heterocycles. The number of carboxylic acid groups (broad SMARTS) is 1. The zero-order chi connectivity index (χ0) is 11.5. The topological polar surface area (TPSA) is 58.9 Å². The van der Waals surface area contributed by atoms with Crippen LogP contribution in [-0.2, 0) is 16.0 Å². The zero-order valence-corrected chi connectivity index (χ0v) is 8.39. The molecule has 0 amide bonds. The molecular weight excluding hydrogens is 213 g/mol. The van der Waals surface area contributed by atoms with E-state index in [0.717, 1.165) is 5.56 Å². The number of rotatable bonds is 3. The van der Waals surface area contributed by atoms with Crippen LogP contribution in [0.3, 0.4) is 0 Å². The van der Waals surface area contributed by atoms with E-state index >= 15 is 0 Å². The van der Waals surface area contributed by atoms with Gasteiger partial charge in [0.05, 0.1) is 6.54 Å². The number of aliphatic imine (C=N–C) groups is 1. The van der Waals surface area contributed by atoms with Gasteiger partial charge in [0.15, 0.2) is 0 Å². The number of benzene rings is 1. The highest BCUT2D eigenvalue weighted by Crippen LogP contribution is 2.12. The Morgan fingerprint density at radius 2 is 2.19 bits per heavy atom. The average molecular weight is 223 g/mol. The Kier molecular flexibility index (Phi) is 2.85. The van der Waals surface area contributed by atoms with Gasteiger partial charge >= 0.3 is 5.97 Å². The molecule has 1 aromatic rings. The Balaban J connectivity index is 1.94. The molecule has 0 radical (unpaired) electrons. The summed E-state index contributed by atoms with van der Waals surface area (Å²) in [4.78, 5) is 14.3. The lowest BCUT2D eigenvalue weighted by Crippen LogP contribution is -2.20. The van der Waals surface area contributed by atoms with Gasteiger partial charge in [-0.25, -0.2) is 14.2 Å². The third-order valence-electron chi connectivity index (χ3n) is 2.28. The van der Waals surface area contributed by atoms with Crippen molar-refractivity contribution in [1.29, 1.82) is 0 Å². The van der Waals surface area contributed by atoms with Gasteiger partial charge in [-0.3, -0.25) is 0 Å². The molecule has 2 rings (SSSR count). The van der Waals surface area contributed by atoms with Gasteiger partial charge in [-0.2, -0.15) is 0 Å². The first-order chi connectivity index (χ1) is 7.65. The number of carboxylic acids is 1. The van der Waals surface area contributed by atoms with Crippen molar-refractivity contribution in [2.45, 2.75) is 12.5 Å². The van der Waals surface area contributed by atoms with Gasteiger partial charge in [0, 0.05) is 6.42 Å². The van der Waals surface area contributed by atoms with Crippen molar-refractivity contribution in [3.05, 3.63) is 35.6 Å². The summed E-state index contributed by atoms with van der Waals surface area (Å²) in [5.74, 6) is -1.69. The van der Waals surface area contributed by atoms with Crippen molar-refractivity contribution < 1.29 is 19.0 Å². The van der Waals surface area contributed by atoms with E-state index in [1.165, 1.54) is 12.1 Å². The van der Waals surface area contributed by atoms with E-state index in [1.807, 2.05) is 0 Å². The molecule has 16 heavy (non-hydrogen) atoms. The number of hydrogen-bond donors (Lipinski definition) is 1. The summed E-state index contributed by atoms with van der Waals surface area (Å²) in [7, 11) is 0. The number of halogens is 1. The second kappa shape index (κ2) is 4.30. The lowest BCUT2D eigenvalue weighted by Gasteiger charge is -2.09. The van der Waals surface area contributed by atoms with Crippen molar-refractivity contribution in [2.75, 3.05) is 6.54 Å². The maximum atomic E-state index is 12.6. The summed E-state index contributed by atoms with van der Waals surface area (Å²) in [5.41, 5.74) is 0.897. The van der Waals surface area contributed by atoms with Crippen molar-refractivity contribution in [3.63, 3.8) is 0 Å². The van der Waals surface area contributed by atoms with Crippen LogP contribution >= 0.6 is 0 Å². The van der Waals surface area contributed by atoms with Crippen LogP contribution in [0.1, 0.15) is 5.56 Å². The molecule has 0 spiro atoms. The van der Waals surface area contributed by atoms with Gasteiger partial charge in [0.2, 0.25) is 0 Å². The number of nitrogens with zero attached hydrogens (tertiary/aromatic N) is 1. The fourth-order valence-electron chi connectivity index (χ4n) is 1.52. The van der Waals surface area contributed by atoms with Crippen LogP contribution in [0, 0.1) is 5.82 Å². The van der Waals surface area contributed by atoms with Gasteiger partial charge in [0.1, 0.15) is 11.9 Å². The Hall–Kier alpha value is -1.91. The molecule has 5 heteroatoms. The summed E-state index contributed by atoms with van der Waals surface area (Å²) in [5, 5.41) is 8.63. The lowest BCUT2D eigenvalue weighted by molar-refractivity contribution is -0.131. The fraction of sp³-hybridized carbons (Fsp3) is 0.273. The fourth-order valence-corrected chi connectivity index (χ4v) is 1.52. The lowest BCUT2D eigenvalue weighted by atomic mass is 10.1. The molecule has 0 fully saturated rings. The first kappa shape index (κ1) is 10.6. The minimum atomic E-state index is -1.15. The zero-order valence-electron chi connectivity index (χ0n) is 8.39. The summed E-state index contributed by atoms with van der Waals surface area (Å²) in [6, 6.07) is 6.03. The van der Waals surface area contributed by atoms with E-state index in [2.05, 4.69) is 4.99 Å². The molecule has 1 aliphatic heterocycles. The minimum Gasteiger partial charge on any atom is -0.474 e. The van der Waals surface area contributed by atoms with E-state index in [-0.39, 0.29) is 17.8 Å². The molecular formula is C11H10FNO3. The molecule has 0 aromatic heterocycles. The van der Waals surface area contributed by atoms with Gasteiger partial charge in [-0.1, -0.05) is 12.1 Å². The second-order valence-electron chi connectivity index (χ2n) is 3.52. The van der Waals surface area contributed by atoms with Gasteiger partial charge in [0.25, 0.3) is 5.90 Å². The monoisotopic (exact) mass is 223 g/mol. The summed E-state index contributed by atoms with van der Waals surface area (Å²) in [6.45, 7) is 0.332. The minimum absolute atomic E-state index is 0.243. The highest BCUT2D eigenvalue weighted by molar-refractivity contribution is 6.32. The summed E-state index contributed by atoms with van der Waals surface area (Å²) >= 11 is 0. The van der Waals surface area contributed by atoms with Crippen LogP contribution in [0.2, 0.25) is 0 Å². The Labute approximate surface area is 91.4 Å². The smallest absolute Gasteiger partial charge is 0.391 e. The summed E-state index contributed by atoms with van der Waals surface area (Å²) in [6.07, 6.45) is 0.261. The Morgan fingerprint density at radius 3 is 2.75 bits per heavy atom. The predicted molar refractivity (Wildman–Crippen MR) is 54.9 cm³/mol. The molecule has 84 valence electrons. The van der Waals surface area contributed by atoms with E-state index in [9.17, 15) is 9.18 Å². The third-order valence-corrected chi connectivity index (χ3v) is 2.28. The number of aliphatic carboxylic acids is 1. The van der Waals surface area contributed by atoms with Crippen LogP contribution in [0.25, 0.3) is 0 Å². The van der Waals surface area contributed by atoms with Crippen molar-refractivity contribution in [3.8, 4) is 0 Å². The van der Waals surface area contributed by atoms with Crippen molar-refractivity contribution in [1.82, 2.24) is 0 Å². The molecule has 1 atom stereocenters. The third kappa shape index (κ3) is 2.36. The van der Waals surface area contributed by atoms with E-state index in [0.29, 0.717) is 13.0 Å². The molecule has 0 bridgehead atoms. The number of carbonyl (C=O) groups is 1. The van der Waals surface area contributed by atoms with Crippen LogP contribution < -0.4 is 0 Å². The summed E-state index contributed by atoms with van der Waals surface area (Å²) < 4.78 is 17.8. The first-order valence-corrected chi connectivity index (χ1v) is 4.84. The SMILES string of the molecule is O=C(O)C1=NCC(Cc2ccc(F)cc2)O1. The van der Waals surface area contributed by atoms with Gasteiger partial charge in [-0.15, -0.1) is 0 Å². The highest BCUT2D eigenvalue weighted by Gasteiger charge is 2.24. The van der Waals surface area contributed by atoms with Gasteiger partial charge in [-0.05, 0) is 17.7 Å². The molecule has 1 aliphatic rings. The Bertz CT molecular complexity index is 427. The number of hydrogen-bond acceptors (Lipinski definition) is 3. The quantitative estimate of drug-likeness (QED) is 0.838. The molecule has 4 nitrogen and oxygen atoms in total. The standard InChI is InChI=1S/C11H10FNO3/c12-8-3-1-7(2-4-8)5-9-6-13-10(16-9)11(14)15/h1-4,9H,5-6H2,(H,14,15). The number of ether oxygens (including phenoxy) is 1. The van der Waals surface area contributed by atoms with Crippen molar-refractivity contribution in [2.24, 2.45) is 4.99 Å². The predicted octanol–water partition coefficient (Wildman–Crippen LogP) is 1.25. The van der Waals surface area contributed by atoms with E-state index in [4.69, 9.17) is 9.84 Å². The van der Waals surface area contributed by atoms with E-state index < -0.39 is 5.97 Å². The molecule has 0 saturated carbocycles. The van der Waals surface area contributed by atoms with Crippen molar-refractivity contribution >= 4 is 11.9 Å². The molecule has 1 unspecified atom stereocenters. The maximum absolute atomic E-state index is 12.6. The molecule has 1 heterocycles. The average Bonchev–Trinajstić information content (AvgIpc) is 2.70. The highest BCUT2D eigenvalue weighted by atomic mass is 19.1. The Morgan fingerprint density at radius 1 is 1.50 bits per heavy atom. The van der Waals surface area contributed by atoms with Gasteiger partial charge < -0.3 is 9.84 Å². The largest absolute Gasteiger partial charge is 0.474 e. The van der Waals surface area contributed by atoms with E-state index in [1.54, 1.807) is 12.1 Å². The second-order valence-corrected chi connectivity index (χ2v) is 3.52. The maximum Gasteiger partial charge on any atom is 0.391 e.